The van der Waals surface area contributed by atoms with Gasteiger partial charge in [-0.25, -0.2) is 9.79 Å². The SMILES string of the molecule is CC1=C(C(=O)OC(C)C)C(c2ccccc2C)N2C(CC(=O)N(C)Cc3ccccc3)=CSC2=N1. The highest BCUT2D eigenvalue weighted by molar-refractivity contribution is 8.16. The van der Waals surface area contributed by atoms with E-state index in [-0.39, 0.29) is 24.4 Å². The van der Waals surface area contributed by atoms with Crippen LogP contribution in [0.4, 0.5) is 0 Å². The van der Waals surface area contributed by atoms with Crippen molar-refractivity contribution in [1.82, 2.24) is 9.80 Å². The van der Waals surface area contributed by atoms with Crippen LogP contribution in [0.3, 0.4) is 0 Å². The zero-order valence-corrected chi connectivity index (χ0v) is 21.6. The Morgan fingerprint density at radius 2 is 1.77 bits per heavy atom. The van der Waals surface area contributed by atoms with E-state index in [1.807, 2.05) is 99.6 Å². The molecule has 0 aromatic heterocycles. The molecule has 1 atom stereocenters. The zero-order valence-electron chi connectivity index (χ0n) is 20.8. The average molecular weight is 490 g/mol. The summed E-state index contributed by atoms with van der Waals surface area (Å²) < 4.78 is 5.63. The molecule has 2 aromatic rings. The maximum Gasteiger partial charge on any atom is 0.338 e. The van der Waals surface area contributed by atoms with Crippen molar-refractivity contribution in [2.45, 2.75) is 52.8 Å². The second kappa shape index (κ2) is 10.5. The van der Waals surface area contributed by atoms with Crippen LogP contribution in [-0.4, -0.2) is 40.0 Å². The summed E-state index contributed by atoms with van der Waals surface area (Å²) in [6.45, 7) is 8.10. The van der Waals surface area contributed by atoms with E-state index >= 15 is 0 Å². The van der Waals surface area contributed by atoms with Crippen molar-refractivity contribution in [2.24, 2.45) is 4.99 Å². The van der Waals surface area contributed by atoms with Crippen LogP contribution in [-0.2, 0) is 20.9 Å². The van der Waals surface area contributed by atoms with Crippen LogP contribution >= 0.6 is 11.8 Å². The number of aliphatic imine (C=N–C) groups is 1. The Labute approximate surface area is 211 Å². The van der Waals surface area contributed by atoms with Crippen LogP contribution in [0.1, 0.15) is 49.9 Å². The number of amidine groups is 1. The Kier molecular flexibility index (Phi) is 7.45. The predicted molar refractivity (Wildman–Crippen MR) is 140 cm³/mol. The minimum absolute atomic E-state index is 0.00284. The molecule has 2 aliphatic rings. The Hall–Kier alpha value is -3.32. The van der Waals surface area contributed by atoms with Crippen LogP contribution in [0.2, 0.25) is 0 Å². The lowest BCUT2D eigenvalue weighted by Crippen LogP contribution is -2.38. The average Bonchev–Trinajstić information content (AvgIpc) is 3.20. The maximum atomic E-state index is 13.3. The van der Waals surface area contributed by atoms with Crippen LogP contribution in [0, 0.1) is 6.92 Å². The molecule has 1 unspecified atom stereocenters. The van der Waals surface area contributed by atoms with E-state index in [4.69, 9.17) is 9.73 Å². The molecule has 0 spiro atoms. The summed E-state index contributed by atoms with van der Waals surface area (Å²) in [6, 6.07) is 17.5. The van der Waals surface area contributed by atoms with Gasteiger partial charge in [-0.2, -0.15) is 0 Å². The van der Waals surface area contributed by atoms with Gasteiger partial charge in [-0.3, -0.25) is 4.79 Å². The largest absolute Gasteiger partial charge is 0.459 e. The highest BCUT2D eigenvalue weighted by Crippen LogP contribution is 2.45. The lowest BCUT2D eigenvalue weighted by atomic mass is 9.91. The number of benzene rings is 2. The number of carbonyl (C=O) groups excluding carboxylic acids is 2. The molecule has 0 saturated heterocycles. The van der Waals surface area contributed by atoms with Gasteiger partial charge in [-0.1, -0.05) is 66.4 Å². The van der Waals surface area contributed by atoms with E-state index in [9.17, 15) is 9.59 Å². The number of thioether (sulfide) groups is 1. The lowest BCUT2D eigenvalue weighted by Gasteiger charge is -2.37. The molecule has 2 aromatic carbocycles. The molecule has 2 heterocycles. The summed E-state index contributed by atoms with van der Waals surface area (Å²) in [5.74, 6) is -0.375. The van der Waals surface area contributed by atoms with Crippen molar-refractivity contribution in [1.29, 1.82) is 0 Å². The number of hydrogen-bond acceptors (Lipinski definition) is 6. The van der Waals surface area contributed by atoms with E-state index in [1.54, 1.807) is 4.90 Å². The van der Waals surface area contributed by atoms with Crippen molar-refractivity contribution in [3.63, 3.8) is 0 Å². The molecular formula is C28H31N3O3S. The van der Waals surface area contributed by atoms with Crippen molar-refractivity contribution in [3.8, 4) is 0 Å². The predicted octanol–water partition coefficient (Wildman–Crippen LogP) is 5.57. The van der Waals surface area contributed by atoms with Crippen molar-refractivity contribution in [2.75, 3.05) is 7.05 Å². The van der Waals surface area contributed by atoms with Gasteiger partial charge in [0.15, 0.2) is 5.17 Å². The molecule has 0 N–H and O–H groups in total. The second-order valence-electron chi connectivity index (χ2n) is 9.12. The summed E-state index contributed by atoms with van der Waals surface area (Å²) in [7, 11) is 1.82. The Bertz CT molecular complexity index is 1220. The fraction of sp³-hybridized carbons (Fsp3) is 0.321. The summed E-state index contributed by atoms with van der Waals surface area (Å²) in [5, 5.41) is 2.74. The number of allylic oxidation sites excluding steroid dienone is 1. The fourth-order valence-electron chi connectivity index (χ4n) is 4.33. The van der Waals surface area contributed by atoms with Gasteiger partial charge >= 0.3 is 5.97 Å². The summed E-state index contributed by atoms with van der Waals surface area (Å²) in [6.07, 6.45) is -0.0367. The van der Waals surface area contributed by atoms with E-state index in [0.717, 1.165) is 27.6 Å². The second-order valence-corrected chi connectivity index (χ2v) is 9.95. The van der Waals surface area contributed by atoms with Gasteiger partial charge in [0, 0.05) is 19.3 Å². The maximum absolute atomic E-state index is 13.3. The number of aryl methyl sites for hydroxylation is 1. The topological polar surface area (TPSA) is 62.2 Å². The minimum Gasteiger partial charge on any atom is -0.459 e. The highest BCUT2D eigenvalue weighted by Gasteiger charge is 2.42. The first kappa shape index (κ1) is 24.8. The van der Waals surface area contributed by atoms with E-state index in [2.05, 4.69) is 0 Å². The lowest BCUT2D eigenvalue weighted by molar-refractivity contribution is -0.143. The van der Waals surface area contributed by atoms with E-state index in [1.165, 1.54) is 11.8 Å². The van der Waals surface area contributed by atoms with Gasteiger partial charge in [0.05, 0.1) is 29.8 Å². The first-order valence-corrected chi connectivity index (χ1v) is 12.6. The van der Waals surface area contributed by atoms with Gasteiger partial charge in [0.2, 0.25) is 5.91 Å². The molecule has 6 nitrogen and oxygen atoms in total. The van der Waals surface area contributed by atoms with E-state index < -0.39 is 6.04 Å². The minimum atomic E-state index is -0.413. The quantitative estimate of drug-likeness (QED) is 0.476. The number of fused-ring (bicyclic) bond motifs is 1. The number of esters is 1. The molecule has 0 bridgehead atoms. The number of ether oxygens (including phenoxy) is 1. The molecule has 0 fully saturated rings. The molecule has 35 heavy (non-hydrogen) atoms. The Morgan fingerprint density at radius 3 is 2.46 bits per heavy atom. The van der Waals surface area contributed by atoms with Crippen molar-refractivity contribution in [3.05, 3.63) is 93.7 Å². The Balaban J connectivity index is 1.65. The third-order valence-corrected chi connectivity index (χ3v) is 6.96. The first-order chi connectivity index (χ1) is 16.8. The number of nitrogens with zero attached hydrogens (tertiary/aromatic N) is 3. The molecule has 0 saturated carbocycles. The third-order valence-electron chi connectivity index (χ3n) is 6.07. The van der Waals surface area contributed by atoms with Crippen LogP contribution in [0.5, 0.6) is 0 Å². The van der Waals surface area contributed by atoms with E-state index in [0.29, 0.717) is 17.8 Å². The van der Waals surface area contributed by atoms with Crippen molar-refractivity contribution >= 4 is 28.8 Å². The summed E-state index contributed by atoms with van der Waals surface area (Å²) >= 11 is 1.48. The van der Waals surface area contributed by atoms with Gasteiger partial charge in [0.1, 0.15) is 0 Å². The van der Waals surface area contributed by atoms with Crippen LogP contribution in [0.25, 0.3) is 0 Å². The van der Waals surface area contributed by atoms with Crippen molar-refractivity contribution < 1.29 is 14.3 Å². The van der Waals surface area contributed by atoms with Crippen LogP contribution < -0.4 is 0 Å². The fourth-order valence-corrected chi connectivity index (χ4v) is 5.30. The zero-order chi connectivity index (χ0) is 25.1. The number of rotatable bonds is 7. The van der Waals surface area contributed by atoms with Gasteiger partial charge in [-0.15, -0.1) is 0 Å². The first-order valence-electron chi connectivity index (χ1n) is 11.7. The van der Waals surface area contributed by atoms with Gasteiger partial charge < -0.3 is 14.5 Å². The number of carbonyl (C=O) groups is 2. The standard InChI is InChI=1S/C28H31N3O3S/c1-18(2)34-27(33)25-20(4)29-28-31(26(25)23-14-10-9-11-19(23)3)22(17-35-28)15-24(32)30(5)16-21-12-7-6-8-13-21/h6-14,17-18,26H,15-16H2,1-5H3. The Morgan fingerprint density at radius 1 is 1.09 bits per heavy atom. The molecule has 0 radical (unpaired) electrons. The molecule has 7 heteroatoms. The van der Waals surface area contributed by atoms with Gasteiger partial charge in [0.25, 0.3) is 0 Å². The normalized spacial score (nSPS) is 17.2. The molecule has 4 rings (SSSR count). The number of amides is 1. The molecule has 1 amide bonds. The smallest absolute Gasteiger partial charge is 0.338 e. The molecule has 0 aliphatic carbocycles. The van der Waals surface area contributed by atoms with Crippen LogP contribution in [0.15, 0.2) is 82.0 Å². The third kappa shape index (κ3) is 5.35. The van der Waals surface area contributed by atoms with Gasteiger partial charge in [-0.05, 0) is 49.8 Å². The molecular weight excluding hydrogens is 458 g/mol. The highest BCUT2D eigenvalue weighted by atomic mass is 32.2. The summed E-state index contributed by atoms with van der Waals surface area (Å²) in [5.41, 5.74) is 5.11. The number of hydrogen-bond donors (Lipinski definition) is 0. The molecule has 2 aliphatic heterocycles. The molecule has 182 valence electrons. The monoisotopic (exact) mass is 489 g/mol. The summed E-state index contributed by atoms with van der Waals surface area (Å²) in [4.78, 5) is 35.0.